The van der Waals surface area contributed by atoms with Gasteiger partial charge in [0, 0.05) is 12.1 Å². The van der Waals surface area contributed by atoms with Crippen LogP contribution in [0.1, 0.15) is 0 Å². The van der Waals surface area contributed by atoms with Crippen molar-refractivity contribution in [3.63, 3.8) is 0 Å². The third-order valence-corrected chi connectivity index (χ3v) is 1.90. The Morgan fingerprint density at radius 2 is 2.18 bits per heavy atom. The molecule has 1 aromatic rings. The maximum absolute atomic E-state index is 13.3. The van der Waals surface area contributed by atoms with Gasteiger partial charge in [0.25, 0.3) is 6.43 Å². The first-order valence-corrected chi connectivity index (χ1v) is 4.49. The number of ether oxygens (including phenoxy) is 1. The van der Waals surface area contributed by atoms with Crippen LogP contribution in [0.25, 0.3) is 0 Å². The summed E-state index contributed by atoms with van der Waals surface area (Å²) >= 11 is 0. The van der Waals surface area contributed by atoms with Crippen LogP contribution in [0.15, 0.2) is 12.1 Å². The number of hydrogen-bond acceptors (Lipinski definition) is 4. The average molecular weight is 250 g/mol. The quantitative estimate of drug-likeness (QED) is 0.643. The molecule has 8 heteroatoms. The summed E-state index contributed by atoms with van der Waals surface area (Å²) in [5.74, 6) is -1.14. The fourth-order valence-corrected chi connectivity index (χ4v) is 1.20. The molecule has 0 bridgehead atoms. The van der Waals surface area contributed by atoms with Gasteiger partial charge in [-0.1, -0.05) is 0 Å². The lowest BCUT2D eigenvalue weighted by molar-refractivity contribution is -0.386. The number of halogens is 3. The van der Waals surface area contributed by atoms with Crippen LogP contribution in [0.5, 0.6) is 5.75 Å². The average Bonchev–Trinajstić information content (AvgIpc) is 2.24. The molecule has 0 aromatic heterocycles. The van der Waals surface area contributed by atoms with Gasteiger partial charge >= 0.3 is 5.69 Å². The summed E-state index contributed by atoms with van der Waals surface area (Å²) in [6.07, 6.45) is -2.70. The van der Waals surface area contributed by atoms with E-state index in [1.54, 1.807) is 0 Å². The normalized spacial score (nSPS) is 10.4. The van der Waals surface area contributed by atoms with Crippen molar-refractivity contribution >= 4 is 11.4 Å². The monoisotopic (exact) mass is 250 g/mol. The molecular formula is C9H9F3N2O3. The van der Waals surface area contributed by atoms with E-state index in [2.05, 4.69) is 10.1 Å². The molecule has 0 atom stereocenters. The van der Waals surface area contributed by atoms with Crippen LogP contribution in [0, 0.1) is 15.9 Å². The largest absolute Gasteiger partial charge is 0.497 e. The predicted molar refractivity (Wildman–Crippen MR) is 54.1 cm³/mol. The first-order chi connectivity index (χ1) is 7.95. The van der Waals surface area contributed by atoms with Crippen LogP contribution in [0.2, 0.25) is 0 Å². The molecule has 0 spiro atoms. The summed E-state index contributed by atoms with van der Waals surface area (Å²) in [7, 11) is 1.23. The van der Waals surface area contributed by atoms with E-state index in [0.717, 1.165) is 12.1 Å². The van der Waals surface area contributed by atoms with E-state index in [9.17, 15) is 23.3 Å². The van der Waals surface area contributed by atoms with E-state index in [-0.39, 0.29) is 11.4 Å². The molecule has 0 amide bonds. The number of benzene rings is 1. The first-order valence-electron chi connectivity index (χ1n) is 4.49. The van der Waals surface area contributed by atoms with Gasteiger partial charge in [-0.3, -0.25) is 10.1 Å². The van der Waals surface area contributed by atoms with Crippen LogP contribution in [-0.4, -0.2) is 25.0 Å². The molecule has 0 radical (unpaired) electrons. The maximum atomic E-state index is 13.3. The van der Waals surface area contributed by atoms with Crippen molar-refractivity contribution < 1.29 is 22.8 Å². The minimum atomic E-state index is -2.70. The minimum absolute atomic E-state index is 0.00451. The molecule has 1 aromatic carbocycles. The van der Waals surface area contributed by atoms with Crippen LogP contribution in [-0.2, 0) is 0 Å². The third-order valence-electron chi connectivity index (χ3n) is 1.90. The van der Waals surface area contributed by atoms with Crippen molar-refractivity contribution in [1.82, 2.24) is 0 Å². The highest BCUT2D eigenvalue weighted by atomic mass is 19.3. The summed E-state index contributed by atoms with van der Waals surface area (Å²) in [4.78, 5) is 9.60. The Morgan fingerprint density at radius 3 is 2.65 bits per heavy atom. The summed E-state index contributed by atoms with van der Waals surface area (Å²) in [5, 5.41) is 12.7. The second-order valence-corrected chi connectivity index (χ2v) is 3.03. The maximum Gasteiger partial charge on any atom is 0.327 e. The van der Waals surface area contributed by atoms with E-state index < -0.39 is 29.4 Å². The number of methoxy groups -OCH3 is 1. The van der Waals surface area contributed by atoms with Crippen LogP contribution in [0.3, 0.4) is 0 Å². The van der Waals surface area contributed by atoms with Crippen molar-refractivity contribution in [2.45, 2.75) is 6.43 Å². The number of alkyl halides is 2. The zero-order chi connectivity index (χ0) is 13.0. The number of nitro benzene ring substituents is 1. The SMILES string of the molecule is COc1cc(F)c([N+](=O)[O-])c(NCC(F)F)c1. The standard InChI is InChI=1S/C9H9F3N2O3/c1-17-5-2-6(10)9(14(15)16)7(3-5)13-4-8(11)12/h2-3,8,13H,4H2,1H3. The smallest absolute Gasteiger partial charge is 0.327 e. The number of nitro groups is 1. The second-order valence-electron chi connectivity index (χ2n) is 3.03. The molecule has 0 aliphatic carbocycles. The lowest BCUT2D eigenvalue weighted by Gasteiger charge is -2.09. The van der Waals surface area contributed by atoms with Gasteiger partial charge in [0.2, 0.25) is 5.82 Å². The van der Waals surface area contributed by atoms with Gasteiger partial charge in [0.1, 0.15) is 11.4 Å². The molecule has 0 aliphatic rings. The van der Waals surface area contributed by atoms with Crippen LogP contribution >= 0.6 is 0 Å². The van der Waals surface area contributed by atoms with Gasteiger partial charge in [0.15, 0.2) is 0 Å². The number of rotatable bonds is 5. The van der Waals surface area contributed by atoms with E-state index >= 15 is 0 Å². The lowest BCUT2D eigenvalue weighted by Crippen LogP contribution is -2.12. The van der Waals surface area contributed by atoms with Gasteiger partial charge in [0.05, 0.1) is 18.6 Å². The molecule has 0 aliphatic heterocycles. The molecule has 0 saturated carbocycles. The molecule has 1 N–H and O–H groups in total. The van der Waals surface area contributed by atoms with E-state index in [1.165, 1.54) is 7.11 Å². The molecular weight excluding hydrogens is 241 g/mol. The van der Waals surface area contributed by atoms with Crippen molar-refractivity contribution in [3.05, 3.63) is 28.1 Å². The van der Waals surface area contributed by atoms with Crippen molar-refractivity contribution in [1.29, 1.82) is 0 Å². The summed E-state index contributed by atoms with van der Waals surface area (Å²) in [5.41, 5.74) is -1.22. The topological polar surface area (TPSA) is 64.4 Å². The van der Waals surface area contributed by atoms with E-state index in [1.807, 2.05) is 0 Å². The number of nitrogens with zero attached hydrogens (tertiary/aromatic N) is 1. The molecule has 0 saturated heterocycles. The number of hydrogen-bond donors (Lipinski definition) is 1. The Labute approximate surface area is 94.3 Å². The number of nitrogens with one attached hydrogen (secondary N) is 1. The van der Waals surface area contributed by atoms with Gasteiger partial charge in [-0.05, 0) is 0 Å². The molecule has 1 rings (SSSR count). The molecule has 0 heterocycles. The minimum Gasteiger partial charge on any atom is -0.497 e. The fourth-order valence-electron chi connectivity index (χ4n) is 1.20. The molecule has 5 nitrogen and oxygen atoms in total. The zero-order valence-corrected chi connectivity index (χ0v) is 8.75. The summed E-state index contributed by atoms with van der Waals surface area (Å²) < 4.78 is 42.0. The van der Waals surface area contributed by atoms with Crippen LogP contribution in [0.4, 0.5) is 24.5 Å². The number of anilines is 1. The highest BCUT2D eigenvalue weighted by Gasteiger charge is 2.22. The Kier molecular flexibility index (Phi) is 4.13. The Bertz CT molecular complexity index is 426. The Hall–Kier alpha value is -1.99. The lowest BCUT2D eigenvalue weighted by atomic mass is 10.2. The molecule has 94 valence electrons. The van der Waals surface area contributed by atoms with Crippen molar-refractivity contribution in [2.24, 2.45) is 0 Å². The van der Waals surface area contributed by atoms with Crippen LogP contribution < -0.4 is 10.1 Å². The van der Waals surface area contributed by atoms with Gasteiger partial charge in [-0.15, -0.1) is 0 Å². The van der Waals surface area contributed by atoms with E-state index in [4.69, 9.17) is 0 Å². The van der Waals surface area contributed by atoms with E-state index in [0.29, 0.717) is 0 Å². The fraction of sp³-hybridized carbons (Fsp3) is 0.333. The van der Waals surface area contributed by atoms with Crippen molar-refractivity contribution in [2.75, 3.05) is 19.0 Å². The van der Waals surface area contributed by atoms with Gasteiger partial charge in [-0.25, -0.2) is 8.78 Å². The molecule has 0 unspecified atom stereocenters. The van der Waals surface area contributed by atoms with Gasteiger partial charge < -0.3 is 10.1 Å². The highest BCUT2D eigenvalue weighted by molar-refractivity contribution is 5.65. The molecule has 17 heavy (non-hydrogen) atoms. The predicted octanol–water partition coefficient (Wildman–Crippen LogP) is 2.42. The Morgan fingerprint density at radius 1 is 1.53 bits per heavy atom. The van der Waals surface area contributed by atoms with Gasteiger partial charge in [-0.2, -0.15) is 4.39 Å². The molecule has 0 fully saturated rings. The highest BCUT2D eigenvalue weighted by Crippen LogP contribution is 2.32. The zero-order valence-electron chi connectivity index (χ0n) is 8.75. The summed E-state index contributed by atoms with van der Waals surface area (Å²) in [6.45, 7) is -0.812. The third kappa shape index (κ3) is 3.23. The Balaban J connectivity index is 3.13. The first kappa shape index (κ1) is 13.1. The summed E-state index contributed by atoms with van der Waals surface area (Å²) in [6, 6.07) is 1.90. The van der Waals surface area contributed by atoms with Crippen molar-refractivity contribution in [3.8, 4) is 5.75 Å². The second kappa shape index (κ2) is 5.37.